The Labute approximate surface area is 120 Å². The Balaban J connectivity index is 2.13. The van der Waals surface area contributed by atoms with Crippen LogP contribution in [0.2, 0.25) is 0 Å². The van der Waals surface area contributed by atoms with Gasteiger partial charge < -0.3 is 10.4 Å². The summed E-state index contributed by atoms with van der Waals surface area (Å²) in [5, 5.41) is 12.5. The quantitative estimate of drug-likeness (QED) is 0.668. The standard InChI is InChI=1S/C15H14BrNO2/c1-10-7-8-12(13(18)9-10)17-15(19)14(16)11-5-3-2-4-6-11/h2-9,14,18H,1H3,(H,17,19). The number of amides is 1. The Morgan fingerprint density at radius 2 is 1.89 bits per heavy atom. The number of phenols is 1. The zero-order valence-corrected chi connectivity index (χ0v) is 12.0. The van der Waals surface area contributed by atoms with Crippen molar-refractivity contribution >= 4 is 27.5 Å². The van der Waals surface area contributed by atoms with Gasteiger partial charge in [0.2, 0.25) is 5.91 Å². The molecule has 0 radical (unpaired) electrons. The fourth-order valence-corrected chi connectivity index (χ4v) is 2.14. The molecular formula is C15H14BrNO2. The summed E-state index contributed by atoms with van der Waals surface area (Å²) in [6, 6.07) is 14.5. The molecule has 3 nitrogen and oxygen atoms in total. The van der Waals surface area contributed by atoms with Gasteiger partial charge in [0.1, 0.15) is 10.6 Å². The first-order valence-electron chi connectivity index (χ1n) is 5.87. The Kier molecular flexibility index (Phi) is 4.22. The lowest BCUT2D eigenvalue weighted by molar-refractivity contribution is -0.115. The molecule has 1 amide bonds. The van der Waals surface area contributed by atoms with E-state index in [-0.39, 0.29) is 11.7 Å². The number of benzene rings is 2. The van der Waals surface area contributed by atoms with Gasteiger partial charge in [0.25, 0.3) is 0 Å². The summed E-state index contributed by atoms with van der Waals surface area (Å²) in [6.07, 6.45) is 0. The van der Waals surface area contributed by atoms with Crippen molar-refractivity contribution in [3.63, 3.8) is 0 Å². The van der Waals surface area contributed by atoms with Gasteiger partial charge in [0.05, 0.1) is 5.69 Å². The van der Waals surface area contributed by atoms with Gasteiger partial charge in [-0.15, -0.1) is 0 Å². The van der Waals surface area contributed by atoms with Crippen molar-refractivity contribution in [1.29, 1.82) is 0 Å². The van der Waals surface area contributed by atoms with Crippen LogP contribution in [0, 0.1) is 6.92 Å². The van der Waals surface area contributed by atoms with Crippen molar-refractivity contribution in [2.45, 2.75) is 11.8 Å². The van der Waals surface area contributed by atoms with Gasteiger partial charge >= 0.3 is 0 Å². The topological polar surface area (TPSA) is 49.3 Å². The van der Waals surface area contributed by atoms with Crippen LogP contribution in [0.5, 0.6) is 5.75 Å². The lowest BCUT2D eigenvalue weighted by Gasteiger charge is -2.12. The molecule has 0 aliphatic rings. The SMILES string of the molecule is Cc1ccc(NC(=O)C(Br)c2ccccc2)c(O)c1. The lowest BCUT2D eigenvalue weighted by atomic mass is 10.1. The molecule has 0 saturated carbocycles. The molecule has 0 aromatic heterocycles. The lowest BCUT2D eigenvalue weighted by Crippen LogP contribution is -2.17. The van der Waals surface area contributed by atoms with E-state index < -0.39 is 4.83 Å². The van der Waals surface area contributed by atoms with Crippen LogP contribution in [-0.2, 0) is 4.79 Å². The molecule has 98 valence electrons. The first kappa shape index (κ1) is 13.6. The maximum atomic E-state index is 12.1. The second-order valence-corrected chi connectivity index (χ2v) is 5.20. The van der Waals surface area contributed by atoms with Crippen molar-refractivity contribution in [3.05, 3.63) is 59.7 Å². The number of halogens is 1. The molecule has 1 unspecified atom stereocenters. The Bertz CT molecular complexity index is 584. The van der Waals surface area contributed by atoms with Crippen LogP contribution in [0.25, 0.3) is 0 Å². The Morgan fingerprint density at radius 1 is 1.21 bits per heavy atom. The van der Waals surface area contributed by atoms with Gasteiger partial charge in [-0.05, 0) is 30.2 Å². The van der Waals surface area contributed by atoms with Gasteiger partial charge in [-0.3, -0.25) is 4.79 Å². The van der Waals surface area contributed by atoms with Crippen LogP contribution < -0.4 is 5.32 Å². The average Bonchev–Trinajstić information content (AvgIpc) is 2.42. The molecule has 2 aromatic carbocycles. The number of anilines is 1. The molecule has 1 atom stereocenters. The van der Waals surface area contributed by atoms with E-state index in [2.05, 4.69) is 21.2 Å². The summed E-state index contributed by atoms with van der Waals surface area (Å²) in [5.41, 5.74) is 2.22. The smallest absolute Gasteiger partial charge is 0.242 e. The summed E-state index contributed by atoms with van der Waals surface area (Å²) in [5.74, 6) is -0.147. The molecule has 2 N–H and O–H groups in total. The average molecular weight is 320 g/mol. The number of nitrogens with one attached hydrogen (secondary N) is 1. The maximum Gasteiger partial charge on any atom is 0.242 e. The van der Waals surface area contributed by atoms with E-state index in [1.54, 1.807) is 12.1 Å². The van der Waals surface area contributed by atoms with Gasteiger partial charge in [0, 0.05) is 0 Å². The summed E-state index contributed by atoms with van der Waals surface area (Å²) < 4.78 is 0. The van der Waals surface area contributed by atoms with Crippen molar-refractivity contribution in [2.75, 3.05) is 5.32 Å². The van der Waals surface area contributed by atoms with E-state index in [1.165, 1.54) is 0 Å². The second-order valence-electron chi connectivity index (χ2n) is 4.28. The van der Waals surface area contributed by atoms with Crippen LogP contribution >= 0.6 is 15.9 Å². The zero-order chi connectivity index (χ0) is 13.8. The number of aryl methyl sites for hydroxylation is 1. The predicted molar refractivity (Wildman–Crippen MR) is 79.6 cm³/mol. The largest absolute Gasteiger partial charge is 0.506 e. The fraction of sp³-hybridized carbons (Fsp3) is 0.133. The minimum atomic E-state index is -0.450. The number of rotatable bonds is 3. The molecule has 2 aromatic rings. The number of aromatic hydroxyl groups is 1. The number of hydrogen-bond acceptors (Lipinski definition) is 2. The van der Waals surface area contributed by atoms with E-state index >= 15 is 0 Å². The van der Waals surface area contributed by atoms with E-state index in [4.69, 9.17) is 0 Å². The molecular weight excluding hydrogens is 306 g/mol. The van der Waals surface area contributed by atoms with Crippen LogP contribution in [0.3, 0.4) is 0 Å². The third-order valence-electron chi connectivity index (χ3n) is 2.73. The molecule has 4 heteroatoms. The highest BCUT2D eigenvalue weighted by Gasteiger charge is 2.17. The van der Waals surface area contributed by atoms with E-state index in [1.807, 2.05) is 43.3 Å². The molecule has 0 aliphatic carbocycles. The maximum absolute atomic E-state index is 12.1. The summed E-state index contributed by atoms with van der Waals surface area (Å²) in [4.78, 5) is 11.6. The Morgan fingerprint density at radius 3 is 2.53 bits per heavy atom. The number of carbonyl (C=O) groups is 1. The highest BCUT2D eigenvalue weighted by atomic mass is 79.9. The number of phenolic OH excluding ortho intramolecular Hbond substituents is 1. The van der Waals surface area contributed by atoms with Crippen molar-refractivity contribution < 1.29 is 9.90 Å². The summed E-state index contributed by atoms with van der Waals surface area (Å²) in [6.45, 7) is 1.88. The third kappa shape index (κ3) is 3.35. The van der Waals surface area contributed by atoms with E-state index in [9.17, 15) is 9.90 Å². The Hall–Kier alpha value is -1.81. The zero-order valence-electron chi connectivity index (χ0n) is 10.4. The summed E-state index contributed by atoms with van der Waals surface area (Å²) >= 11 is 3.35. The highest BCUT2D eigenvalue weighted by molar-refractivity contribution is 9.09. The summed E-state index contributed by atoms with van der Waals surface area (Å²) in [7, 11) is 0. The van der Waals surface area contributed by atoms with Crippen LogP contribution in [0.15, 0.2) is 48.5 Å². The van der Waals surface area contributed by atoms with Gasteiger partial charge in [-0.1, -0.05) is 52.3 Å². The van der Waals surface area contributed by atoms with Gasteiger partial charge in [0.15, 0.2) is 0 Å². The first-order valence-corrected chi connectivity index (χ1v) is 6.79. The molecule has 19 heavy (non-hydrogen) atoms. The molecule has 0 aliphatic heterocycles. The normalized spacial score (nSPS) is 11.9. The van der Waals surface area contributed by atoms with Crippen LogP contribution in [0.1, 0.15) is 16.0 Å². The first-order chi connectivity index (χ1) is 9.08. The van der Waals surface area contributed by atoms with Crippen molar-refractivity contribution in [1.82, 2.24) is 0 Å². The van der Waals surface area contributed by atoms with Gasteiger partial charge in [-0.25, -0.2) is 0 Å². The second kappa shape index (κ2) is 5.89. The van der Waals surface area contributed by atoms with Crippen molar-refractivity contribution in [2.24, 2.45) is 0 Å². The molecule has 0 saturated heterocycles. The van der Waals surface area contributed by atoms with E-state index in [0.717, 1.165) is 11.1 Å². The predicted octanol–water partition coefficient (Wildman–Crippen LogP) is 3.78. The molecule has 0 fully saturated rings. The van der Waals surface area contributed by atoms with Gasteiger partial charge in [-0.2, -0.15) is 0 Å². The van der Waals surface area contributed by atoms with Crippen molar-refractivity contribution in [3.8, 4) is 5.75 Å². The highest BCUT2D eigenvalue weighted by Crippen LogP contribution is 2.28. The minimum Gasteiger partial charge on any atom is -0.506 e. The number of carbonyl (C=O) groups excluding carboxylic acids is 1. The molecule has 0 bridgehead atoms. The molecule has 2 rings (SSSR count). The fourth-order valence-electron chi connectivity index (χ4n) is 1.72. The number of alkyl halides is 1. The minimum absolute atomic E-state index is 0.0705. The third-order valence-corrected chi connectivity index (χ3v) is 3.68. The molecule has 0 heterocycles. The monoisotopic (exact) mass is 319 g/mol. The number of hydrogen-bond donors (Lipinski definition) is 2. The van der Waals surface area contributed by atoms with Crippen LogP contribution in [0.4, 0.5) is 5.69 Å². The van der Waals surface area contributed by atoms with E-state index in [0.29, 0.717) is 5.69 Å². The molecule has 0 spiro atoms. The van der Waals surface area contributed by atoms with Crippen LogP contribution in [-0.4, -0.2) is 11.0 Å².